The molecule has 0 spiro atoms. The number of H-pyrrole nitrogens is 1. The van der Waals surface area contributed by atoms with Crippen LogP contribution in [0.2, 0.25) is 0 Å². The first-order chi connectivity index (χ1) is 6.50. The molecular formula is C10H16FN3. The van der Waals surface area contributed by atoms with Gasteiger partial charge in [0.15, 0.2) is 11.6 Å². The molecule has 3 nitrogen and oxygen atoms in total. The van der Waals surface area contributed by atoms with E-state index in [0.717, 1.165) is 12.3 Å². The monoisotopic (exact) mass is 197 g/mol. The van der Waals surface area contributed by atoms with E-state index in [1.54, 1.807) is 0 Å². The number of halogens is 1. The topological polar surface area (TPSA) is 54.7 Å². The lowest BCUT2D eigenvalue weighted by Gasteiger charge is -2.01. The Kier molecular flexibility index (Phi) is 2.01. The van der Waals surface area contributed by atoms with Gasteiger partial charge in [-0.15, -0.1) is 0 Å². The van der Waals surface area contributed by atoms with Crippen molar-refractivity contribution in [1.82, 2.24) is 10.2 Å². The molecule has 0 bridgehead atoms. The van der Waals surface area contributed by atoms with Gasteiger partial charge < -0.3 is 5.73 Å². The zero-order valence-electron chi connectivity index (χ0n) is 8.60. The minimum absolute atomic E-state index is 0.0185. The lowest BCUT2D eigenvalue weighted by Crippen LogP contribution is -1.96. The van der Waals surface area contributed by atoms with E-state index in [0.29, 0.717) is 17.5 Å². The number of hydrogen-bond donors (Lipinski definition) is 2. The summed E-state index contributed by atoms with van der Waals surface area (Å²) in [5.41, 5.74) is 6.31. The van der Waals surface area contributed by atoms with Gasteiger partial charge in [0.1, 0.15) is 0 Å². The number of aromatic nitrogens is 2. The van der Waals surface area contributed by atoms with E-state index >= 15 is 0 Å². The van der Waals surface area contributed by atoms with Gasteiger partial charge in [-0.05, 0) is 30.6 Å². The predicted octanol–water partition coefficient (Wildman–Crippen LogP) is 2.11. The highest BCUT2D eigenvalue weighted by Crippen LogP contribution is 2.53. The summed E-state index contributed by atoms with van der Waals surface area (Å²) in [7, 11) is 0. The number of nitrogens with two attached hydrogens (primary N) is 1. The second-order valence-electron chi connectivity index (χ2n) is 4.83. The summed E-state index contributed by atoms with van der Waals surface area (Å²) in [5.74, 6) is 0.338. The van der Waals surface area contributed by atoms with Crippen molar-refractivity contribution in [2.45, 2.75) is 33.1 Å². The van der Waals surface area contributed by atoms with Crippen LogP contribution in [0.5, 0.6) is 0 Å². The molecule has 1 saturated carbocycles. The molecular weight excluding hydrogens is 181 g/mol. The number of nitrogen functional groups attached to an aromatic ring is 1. The SMILES string of the molecule is CC1(C)CC1CCc1[nH]nc(N)c1F. The number of hydrogen-bond acceptors (Lipinski definition) is 2. The number of aromatic amines is 1. The molecule has 1 aromatic rings. The fourth-order valence-electron chi connectivity index (χ4n) is 1.93. The summed E-state index contributed by atoms with van der Waals surface area (Å²) < 4.78 is 13.2. The van der Waals surface area contributed by atoms with Crippen LogP contribution in [-0.2, 0) is 6.42 Å². The average molecular weight is 197 g/mol. The molecule has 1 unspecified atom stereocenters. The zero-order valence-corrected chi connectivity index (χ0v) is 8.60. The second-order valence-corrected chi connectivity index (χ2v) is 4.83. The van der Waals surface area contributed by atoms with Gasteiger partial charge in [-0.2, -0.15) is 5.10 Å². The summed E-state index contributed by atoms with van der Waals surface area (Å²) in [6.07, 6.45) is 2.98. The van der Waals surface area contributed by atoms with E-state index in [-0.39, 0.29) is 11.6 Å². The first-order valence-electron chi connectivity index (χ1n) is 4.99. The second kappa shape index (κ2) is 2.97. The highest BCUT2D eigenvalue weighted by molar-refractivity contribution is 5.31. The van der Waals surface area contributed by atoms with Gasteiger partial charge in [0, 0.05) is 0 Å². The molecule has 14 heavy (non-hydrogen) atoms. The predicted molar refractivity (Wildman–Crippen MR) is 53.2 cm³/mol. The molecule has 1 aliphatic rings. The Morgan fingerprint density at radius 2 is 2.29 bits per heavy atom. The molecule has 78 valence electrons. The maximum absolute atomic E-state index is 13.2. The van der Waals surface area contributed by atoms with Crippen LogP contribution < -0.4 is 5.73 Å². The van der Waals surface area contributed by atoms with Crippen molar-refractivity contribution in [2.75, 3.05) is 5.73 Å². The van der Waals surface area contributed by atoms with Crippen LogP contribution in [0.25, 0.3) is 0 Å². The van der Waals surface area contributed by atoms with Crippen molar-refractivity contribution < 1.29 is 4.39 Å². The van der Waals surface area contributed by atoms with Crippen molar-refractivity contribution in [3.05, 3.63) is 11.5 Å². The molecule has 1 aliphatic carbocycles. The normalized spacial score (nSPS) is 23.8. The van der Waals surface area contributed by atoms with Gasteiger partial charge in [-0.25, -0.2) is 4.39 Å². The van der Waals surface area contributed by atoms with Gasteiger partial charge in [0.25, 0.3) is 0 Å². The van der Waals surface area contributed by atoms with Crippen LogP contribution in [0.15, 0.2) is 0 Å². The lowest BCUT2D eigenvalue weighted by atomic mass is 10.1. The molecule has 1 heterocycles. The number of aryl methyl sites for hydroxylation is 1. The van der Waals surface area contributed by atoms with Gasteiger partial charge in [-0.1, -0.05) is 13.8 Å². The van der Waals surface area contributed by atoms with Crippen LogP contribution >= 0.6 is 0 Å². The summed E-state index contributed by atoms with van der Waals surface area (Å²) in [4.78, 5) is 0. The molecule has 0 saturated heterocycles. The molecule has 0 radical (unpaired) electrons. The van der Waals surface area contributed by atoms with E-state index < -0.39 is 0 Å². The third-order valence-corrected chi connectivity index (χ3v) is 3.26. The van der Waals surface area contributed by atoms with Crippen LogP contribution in [0.4, 0.5) is 10.2 Å². The van der Waals surface area contributed by atoms with E-state index in [9.17, 15) is 4.39 Å². The Balaban J connectivity index is 1.90. The van der Waals surface area contributed by atoms with Crippen molar-refractivity contribution >= 4 is 5.82 Å². The molecule has 0 aromatic carbocycles. The summed E-state index contributed by atoms with van der Waals surface area (Å²) >= 11 is 0. The average Bonchev–Trinajstić information content (AvgIpc) is 2.60. The maximum atomic E-state index is 13.2. The van der Waals surface area contributed by atoms with E-state index in [2.05, 4.69) is 24.0 Å². The van der Waals surface area contributed by atoms with Crippen LogP contribution in [0.3, 0.4) is 0 Å². The Morgan fingerprint density at radius 1 is 1.64 bits per heavy atom. The van der Waals surface area contributed by atoms with E-state index in [1.165, 1.54) is 6.42 Å². The van der Waals surface area contributed by atoms with Gasteiger partial charge in [0.05, 0.1) is 5.69 Å². The van der Waals surface area contributed by atoms with Gasteiger partial charge in [0.2, 0.25) is 0 Å². The number of anilines is 1. The zero-order chi connectivity index (χ0) is 10.3. The Hall–Kier alpha value is -1.06. The molecule has 0 amide bonds. The van der Waals surface area contributed by atoms with Crippen LogP contribution in [0.1, 0.15) is 32.4 Å². The smallest absolute Gasteiger partial charge is 0.187 e. The molecule has 1 atom stereocenters. The molecule has 1 fully saturated rings. The first kappa shape index (κ1) is 9.49. The fourth-order valence-corrected chi connectivity index (χ4v) is 1.93. The summed E-state index contributed by atoms with van der Waals surface area (Å²) in [6, 6.07) is 0. The highest BCUT2D eigenvalue weighted by Gasteiger charge is 2.44. The number of nitrogens with zero attached hydrogens (tertiary/aromatic N) is 1. The van der Waals surface area contributed by atoms with Crippen molar-refractivity contribution in [3.63, 3.8) is 0 Å². The Morgan fingerprint density at radius 3 is 2.71 bits per heavy atom. The Labute approximate surface area is 82.9 Å². The third-order valence-electron chi connectivity index (χ3n) is 3.26. The fraction of sp³-hybridized carbons (Fsp3) is 0.700. The third kappa shape index (κ3) is 1.61. The molecule has 1 aromatic heterocycles. The maximum Gasteiger partial charge on any atom is 0.187 e. The summed E-state index contributed by atoms with van der Waals surface area (Å²) in [6.45, 7) is 4.49. The largest absolute Gasteiger partial charge is 0.380 e. The van der Waals surface area contributed by atoms with Crippen molar-refractivity contribution in [1.29, 1.82) is 0 Å². The van der Waals surface area contributed by atoms with Crippen molar-refractivity contribution in [2.24, 2.45) is 11.3 Å². The highest BCUT2D eigenvalue weighted by atomic mass is 19.1. The molecule has 2 rings (SSSR count). The quantitative estimate of drug-likeness (QED) is 0.779. The van der Waals surface area contributed by atoms with E-state index in [4.69, 9.17) is 5.73 Å². The molecule has 0 aliphatic heterocycles. The number of rotatable bonds is 3. The lowest BCUT2D eigenvalue weighted by molar-refractivity contribution is 0.522. The number of nitrogens with one attached hydrogen (secondary N) is 1. The molecule has 4 heteroatoms. The van der Waals surface area contributed by atoms with Gasteiger partial charge in [-0.3, -0.25) is 5.10 Å². The van der Waals surface area contributed by atoms with Crippen LogP contribution in [0, 0.1) is 17.2 Å². The van der Waals surface area contributed by atoms with Crippen molar-refractivity contribution in [3.8, 4) is 0 Å². The minimum atomic E-state index is -0.372. The molecule has 3 N–H and O–H groups in total. The van der Waals surface area contributed by atoms with E-state index in [1.807, 2.05) is 0 Å². The first-order valence-corrected chi connectivity index (χ1v) is 4.99. The van der Waals surface area contributed by atoms with Gasteiger partial charge >= 0.3 is 0 Å². The Bertz CT molecular complexity index is 343. The van der Waals surface area contributed by atoms with Crippen LogP contribution in [-0.4, -0.2) is 10.2 Å². The standard InChI is InChI=1S/C10H16FN3/c1-10(2)5-6(10)3-4-7-8(11)9(12)14-13-7/h6H,3-5H2,1-2H3,(H3,12,13,14). The summed E-state index contributed by atoms with van der Waals surface area (Å²) in [5, 5.41) is 6.26. The minimum Gasteiger partial charge on any atom is -0.380 e.